The number of nitro groups is 1. The molecule has 0 unspecified atom stereocenters. The van der Waals surface area contributed by atoms with E-state index in [2.05, 4.69) is 44.2 Å². The third-order valence-corrected chi connectivity index (χ3v) is 6.42. The Bertz CT molecular complexity index is 1830. The summed E-state index contributed by atoms with van der Waals surface area (Å²) in [6.07, 6.45) is 8.09. The van der Waals surface area contributed by atoms with Crippen LogP contribution in [-0.4, -0.2) is 30.6 Å². The zero-order valence-electron chi connectivity index (χ0n) is 21.7. The molecular formula is C33H23N5O3. The van der Waals surface area contributed by atoms with E-state index >= 15 is 0 Å². The van der Waals surface area contributed by atoms with Crippen LogP contribution in [0.25, 0.3) is 46.4 Å². The first-order valence-electron chi connectivity index (χ1n) is 12.9. The summed E-state index contributed by atoms with van der Waals surface area (Å²) in [5.74, 6) is -0.335. The van der Waals surface area contributed by atoms with Crippen molar-refractivity contribution in [3.8, 4) is 0 Å². The molecule has 0 aliphatic carbocycles. The number of para-hydroxylation sites is 1. The van der Waals surface area contributed by atoms with Gasteiger partial charge in [0.2, 0.25) is 0 Å². The van der Waals surface area contributed by atoms with Crippen molar-refractivity contribution in [2.45, 2.75) is 0 Å². The zero-order valence-corrected chi connectivity index (χ0v) is 21.7. The minimum absolute atomic E-state index is 0.115. The van der Waals surface area contributed by atoms with Crippen molar-refractivity contribution < 1.29 is 9.72 Å². The second-order valence-corrected chi connectivity index (χ2v) is 9.37. The van der Waals surface area contributed by atoms with Gasteiger partial charge in [0, 0.05) is 33.7 Å². The van der Waals surface area contributed by atoms with Crippen molar-refractivity contribution in [1.29, 1.82) is 0 Å². The maximum atomic E-state index is 12.1. The molecule has 8 heteroatoms. The van der Waals surface area contributed by atoms with E-state index in [-0.39, 0.29) is 17.0 Å². The van der Waals surface area contributed by atoms with Gasteiger partial charge in [0.1, 0.15) is 5.56 Å². The number of carbonyl (C=O) groups is 1. The number of carbonyl (C=O) groups excluding carboxylic acids is 1. The number of fused-ring (bicyclic) bond motifs is 8. The fourth-order valence-corrected chi connectivity index (χ4v) is 4.51. The number of H-pyrrole nitrogens is 2. The molecule has 2 aliphatic heterocycles. The molecule has 2 N–H and O–H groups in total. The Morgan fingerprint density at radius 1 is 0.585 bits per heavy atom. The number of ketones is 1. The van der Waals surface area contributed by atoms with Gasteiger partial charge in [-0.2, -0.15) is 0 Å². The number of nitrogens with zero attached hydrogens (tertiary/aromatic N) is 3. The van der Waals surface area contributed by atoms with Crippen LogP contribution in [0.2, 0.25) is 0 Å². The van der Waals surface area contributed by atoms with E-state index in [9.17, 15) is 14.9 Å². The van der Waals surface area contributed by atoms with E-state index < -0.39 is 4.92 Å². The maximum absolute atomic E-state index is 12.1. The molecule has 0 saturated heterocycles. The van der Waals surface area contributed by atoms with Crippen LogP contribution in [0.5, 0.6) is 0 Å². The molecule has 41 heavy (non-hydrogen) atoms. The van der Waals surface area contributed by atoms with E-state index in [0.29, 0.717) is 5.56 Å². The van der Waals surface area contributed by atoms with E-state index in [1.165, 1.54) is 12.1 Å². The van der Waals surface area contributed by atoms with Crippen molar-refractivity contribution in [3.63, 3.8) is 0 Å². The molecule has 5 heterocycles. The van der Waals surface area contributed by atoms with Crippen LogP contribution >= 0.6 is 0 Å². The average molecular weight is 538 g/mol. The Balaban J connectivity index is 0.000000158. The number of rotatable bonds is 3. The lowest BCUT2D eigenvalue weighted by atomic mass is 10.0. The minimum atomic E-state index is -0.545. The minimum Gasteiger partial charge on any atom is -0.355 e. The fraction of sp³-hybridized carbons (Fsp3) is 0. The molecule has 0 amide bonds. The van der Waals surface area contributed by atoms with Crippen LogP contribution < -0.4 is 0 Å². The summed E-state index contributed by atoms with van der Waals surface area (Å²) < 4.78 is 0. The molecule has 8 nitrogen and oxygen atoms in total. The highest BCUT2D eigenvalue weighted by Crippen LogP contribution is 2.21. The van der Waals surface area contributed by atoms with Crippen molar-refractivity contribution in [1.82, 2.24) is 19.9 Å². The van der Waals surface area contributed by atoms with Crippen LogP contribution in [-0.2, 0) is 0 Å². The first-order chi connectivity index (χ1) is 20.0. The lowest BCUT2D eigenvalue weighted by molar-refractivity contribution is -0.385. The van der Waals surface area contributed by atoms with Gasteiger partial charge in [0.25, 0.3) is 5.69 Å². The lowest BCUT2D eigenvalue weighted by Crippen LogP contribution is -2.04. The highest BCUT2D eigenvalue weighted by molar-refractivity contribution is 6.11. The molecule has 0 radical (unpaired) electrons. The predicted octanol–water partition coefficient (Wildman–Crippen LogP) is 7.48. The van der Waals surface area contributed by atoms with Gasteiger partial charge < -0.3 is 9.97 Å². The topological polar surface area (TPSA) is 118 Å². The number of nitro benzene ring substituents is 1. The third kappa shape index (κ3) is 5.91. The molecule has 8 bridgehead atoms. The number of hydrogen-bond donors (Lipinski definition) is 2. The summed E-state index contributed by atoms with van der Waals surface area (Å²) in [5, 5.41) is 10.8. The quantitative estimate of drug-likeness (QED) is 0.138. The molecule has 3 aromatic heterocycles. The van der Waals surface area contributed by atoms with E-state index in [1.807, 2.05) is 48.6 Å². The molecule has 2 aliphatic rings. The number of nitrogens with one attached hydrogen (secondary N) is 2. The van der Waals surface area contributed by atoms with Gasteiger partial charge in [-0.05, 0) is 78.9 Å². The molecule has 0 atom stereocenters. The smallest absolute Gasteiger partial charge is 0.280 e. The summed E-state index contributed by atoms with van der Waals surface area (Å²) in [6, 6.07) is 30.8. The summed E-state index contributed by atoms with van der Waals surface area (Å²) in [4.78, 5) is 38.4. The van der Waals surface area contributed by atoms with Crippen LogP contribution in [0.4, 0.5) is 5.69 Å². The van der Waals surface area contributed by atoms with E-state index in [0.717, 1.165) is 44.8 Å². The number of hydrogen-bond acceptors (Lipinski definition) is 5. The van der Waals surface area contributed by atoms with Crippen molar-refractivity contribution in [3.05, 3.63) is 147 Å². The van der Waals surface area contributed by atoms with Gasteiger partial charge in [-0.15, -0.1) is 0 Å². The Morgan fingerprint density at radius 2 is 1.00 bits per heavy atom. The lowest BCUT2D eigenvalue weighted by Gasteiger charge is -2.01. The first kappa shape index (κ1) is 25.4. The Morgan fingerprint density at radius 3 is 1.44 bits per heavy atom. The third-order valence-electron chi connectivity index (χ3n) is 6.42. The fourth-order valence-electron chi connectivity index (χ4n) is 4.51. The number of aromatic nitrogens is 4. The average Bonchev–Trinajstić information content (AvgIpc) is 3.80. The second-order valence-electron chi connectivity index (χ2n) is 9.37. The van der Waals surface area contributed by atoms with Crippen molar-refractivity contribution in [2.75, 3.05) is 0 Å². The van der Waals surface area contributed by atoms with E-state index in [1.54, 1.807) is 42.5 Å². The molecule has 5 aromatic rings. The van der Waals surface area contributed by atoms with Crippen molar-refractivity contribution in [2.24, 2.45) is 0 Å². The number of aromatic amines is 2. The summed E-state index contributed by atoms with van der Waals surface area (Å²) >= 11 is 0. The first-order valence-corrected chi connectivity index (χ1v) is 12.9. The highest BCUT2D eigenvalue weighted by Gasteiger charge is 2.19. The monoisotopic (exact) mass is 537 g/mol. The van der Waals surface area contributed by atoms with Gasteiger partial charge in [-0.25, -0.2) is 9.97 Å². The second kappa shape index (κ2) is 11.1. The molecule has 0 saturated carbocycles. The zero-order chi connectivity index (χ0) is 28.2. The van der Waals surface area contributed by atoms with Crippen LogP contribution in [0, 0.1) is 10.1 Å². The maximum Gasteiger partial charge on any atom is 0.280 e. The largest absolute Gasteiger partial charge is 0.355 e. The highest BCUT2D eigenvalue weighted by atomic mass is 16.6. The number of benzene rings is 2. The molecular weight excluding hydrogens is 514 g/mol. The molecule has 2 aromatic carbocycles. The summed E-state index contributed by atoms with van der Waals surface area (Å²) in [7, 11) is 0. The van der Waals surface area contributed by atoms with Crippen LogP contribution in [0.3, 0.4) is 0 Å². The Kier molecular flexibility index (Phi) is 6.86. The van der Waals surface area contributed by atoms with Crippen LogP contribution in [0.15, 0.2) is 103 Å². The SMILES string of the molecule is C1=Cc2cc3ccc(cc4nc(cc5ccc(cc1n2)[nH]5)C=C4)[nH]3.O=C(c1ccccc1)c1ccccc1[N+](=O)[O-]. The molecule has 198 valence electrons. The Hall–Kier alpha value is -5.89. The summed E-state index contributed by atoms with van der Waals surface area (Å²) in [5.41, 5.74) is 8.26. The van der Waals surface area contributed by atoms with Gasteiger partial charge >= 0.3 is 0 Å². The molecule has 0 spiro atoms. The molecule has 0 fully saturated rings. The summed E-state index contributed by atoms with van der Waals surface area (Å²) in [6.45, 7) is 0. The normalized spacial score (nSPS) is 11.5. The van der Waals surface area contributed by atoms with Gasteiger partial charge in [-0.3, -0.25) is 14.9 Å². The Labute approximate surface area is 234 Å². The molecule has 7 rings (SSSR count). The van der Waals surface area contributed by atoms with E-state index in [4.69, 9.17) is 0 Å². The standard InChI is InChI=1S/C20H14N4.C13H9NO3/c1-2-14-10-16-5-6-18(23-16)12-20-8-7-19(24-20)11-17-4-3-15(22-17)9-13(1)21-14;15-13(10-6-2-1-3-7-10)11-8-4-5-9-12(11)14(16)17/h1-12,21,24H;1-9H. The van der Waals surface area contributed by atoms with Gasteiger partial charge in [0.15, 0.2) is 5.78 Å². The van der Waals surface area contributed by atoms with Crippen LogP contribution in [0.1, 0.15) is 38.7 Å². The van der Waals surface area contributed by atoms with Gasteiger partial charge in [0.05, 0.1) is 27.7 Å². The van der Waals surface area contributed by atoms with Gasteiger partial charge in [-0.1, -0.05) is 42.5 Å². The van der Waals surface area contributed by atoms with Crippen molar-refractivity contribution >= 4 is 57.8 Å². The predicted molar refractivity (Wildman–Crippen MR) is 162 cm³/mol.